The Hall–Kier alpha value is -3.09. The molecule has 1 aromatic carbocycles. The molecule has 3 aromatic rings. The van der Waals surface area contributed by atoms with Gasteiger partial charge < -0.3 is 14.3 Å². The Balaban J connectivity index is 2.02. The van der Waals surface area contributed by atoms with Crippen molar-refractivity contribution in [2.24, 2.45) is 7.05 Å². The van der Waals surface area contributed by atoms with Gasteiger partial charge in [0.15, 0.2) is 0 Å². The maximum Gasteiger partial charge on any atom is 0.259 e. The summed E-state index contributed by atoms with van der Waals surface area (Å²) in [6.45, 7) is 4.19. The van der Waals surface area contributed by atoms with Gasteiger partial charge in [-0.15, -0.1) is 0 Å². The third-order valence-electron chi connectivity index (χ3n) is 4.54. The van der Waals surface area contributed by atoms with Crippen molar-refractivity contribution >= 4 is 11.7 Å². The summed E-state index contributed by atoms with van der Waals surface area (Å²) in [5, 5.41) is 8.71. The Labute approximate surface area is 159 Å². The maximum absolute atomic E-state index is 13.2. The van der Waals surface area contributed by atoms with Crippen LogP contribution in [0.4, 0.5) is 5.82 Å². The van der Waals surface area contributed by atoms with E-state index in [0.29, 0.717) is 23.6 Å². The zero-order valence-corrected chi connectivity index (χ0v) is 16.6. The third kappa shape index (κ3) is 3.45. The number of aromatic nitrogens is 3. The fourth-order valence-electron chi connectivity index (χ4n) is 3.35. The van der Waals surface area contributed by atoms with Gasteiger partial charge in [0.05, 0.1) is 11.3 Å². The molecule has 0 bridgehead atoms. The van der Waals surface area contributed by atoms with Crippen molar-refractivity contribution in [1.29, 1.82) is 0 Å². The van der Waals surface area contributed by atoms with Gasteiger partial charge in [0.25, 0.3) is 5.91 Å². The van der Waals surface area contributed by atoms with E-state index in [1.807, 2.05) is 63.3 Å². The van der Waals surface area contributed by atoms with Crippen LogP contribution in [0.2, 0.25) is 0 Å². The molecule has 2 aromatic heterocycles. The number of nitrogens with zero attached hydrogens (tertiary/aromatic N) is 5. The predicted octanol–water partition coefficient (Wildman–Crippen LogP) is 3.03. The minimum Gasteiger partial charge on any atom is -0.362 e. The van der Waals surface area contributed by atoms with Crippen LogP contribution < -0.4 is 4.90 Å². The van der Waals surface area contributed by atoms with Gasteiger partial charge in [-0.2, -0.15) is 5.10 Å². The first-order chi connectivity index (χ1) is 12.8. The van der Waals surface area contributed by atoms with Crippen molar-refractivity contribution in [3.8, 4) is 11.3 Å². The molecule has 0 spiro atoms. The molecule has 3 rings (SSSR count). The molecule has 7 nitrogen and oxygen atoms in total. The van der Waals surface area contributed by atoms with Crippen LogP contribution in [0.25, 0.3) is 11.3 Å². The van der Waals surface area contributed by atoms with Crippen LogP contribution in [0.15, 0.2) is 34.9 Å². The summed E-state index contributed by atoms with van der Waals surface area (Å²) < 4.78 is 7.21. The van der Waals surface area contributed by atoms with E-state index in [-0.39, 0.29) is 5.91 Å². The second-order valence-electron chi connectivity index (χ2n) is 6.91. The summed E-state index contributed by atoms with van der Waals surface area (Å²) in [7, 11) is 7.54. The van der Waals surface area contributed by atoms with E-state index in [2.05, 4.69) is 10.3 Å². The number of hydrogen-bond acceptors (Lipinski definition) is 5. The van der Waals surface area contributed by atoms with Gasteiger partial charge >= 0.3 is 0 Å². The fourth-order valence-corrected chi connectivity index (χ4v) is 3.35. The van der Waals surface area contributed by atoms with Gasteiger partial charge in [-0.3, -0.25) is 9.48 Å². The van der Waals surface area contributed by atoms with E-state index in [4.69, 9.17) is 4.52 Å². The lowest BCUT2D eigenvalue weighted by Crippen LogP contribution is -2.27. The van der Waals surface area contributed by atoms with E-state index in [0.717, 1.165) is 22.6 Å². The zero-order chi connectivity index (χ0) is 19.7. The van der Waals surface area contributed by atoms with Gasteiger partial charge in [0.2, 0.25) is 0 Å². The van der Waals surface area contributed by atoms with Crippen LogP contribution >= 0.6 is 0 Å². The molecule has 142 valence electrons. The van der Waals surface area contributed by atoms with Crippen molar-refractivity contribution in [3.63, 3.8) is 0 Å². The van der Waals surface area contributed by atoms with E-state index >= 15 is 0 Å². The van der Waals surface area contributed by atoms with Crippen molar-refractivity contribution < 1.29 is 9.32 Å². The molecule has 0 unspecified atom stereocenters. The fraction of sp³-hybridized carbons (Fsp3) is 0.350. The summed E-state index contributed by atoms with van der Waals surface area (Å²) in [5.74, 6) is 1.25. The van der Waals surface area contributed by atoms with Gasteiger partial charge in [0, 0.05) is 34.7 Å². The van der Waals surface area contributed by atoms with Crippen LogP contribution in [0.3, 0.4) is 0 Å². The molecule has 7 heteroatoms. The highest BCUT2D eigenvalue weighted by Crippen LogP contribution is 2.35. The molecule has 2 heterocycles. The summed E-state index contributed by atoms with van der Waals surface area (Å²) in [6.07, 6.45) is 0. The number of hydrogen-bond donors (Lipinski definition) is 0. The summed E-state index contributed by atoms with van der Waals surface area (Å²) in [6, 6.07) is 9.89. The Kier molecular flexibility index (Phi) is 5.03. The Bertz CT molecular complexity index is 956. The minimum atomic E-state index is -0.124. The summed E-state index contributed by atoms with van der Waals surface area (Å²) >= 11 is 0. The highest BCUT2D eigenvalue weighted by Gasteiger charge is 2.29. The van der Waals surface area contributed by atoms with Crippen molar-refractivity contribution in [2.45, 2.75) is 20.4 Å². The Morgan fingerprint density at radius 2 is 1.81 bits per heavy atom. The molecule has 0 fully saturated rings. The summed E-state index contributed by atoms with van der Waals surface area (Å²) in [4.78, 5) is 16.8. The van der Waals surface area contributed by atoms with E-state index in [1.54, 1.807) is 23.6 Å². The van der Waals surface area contributed by atoms with Crippen LogP contribution in [0.5, 0.6) is 0 Å². The number of carbonyl (C=O) groups excluding carboxylic acids is 1. The topological polar surface area (TPSA) is 67.4 Å². The van der Waals surface area contributed by atoms with E-state index < -0.39 is 0 Å². The van der Waals surface area contributed by atoms with Gasteiger partial charge in [-0.25, -0.2) is 0 Å². The second kappa shape index (κ2) is 7.26. The first kappa shape index (κ1) is 18.7. The highest BCUT2D eigenvalue weighted by atomic mass is 16.5. The highest BCUT2D eigenvalue weighted by molar-refractivity contribution is 6.02. The van der Waals surface area contributed by atoms with Crippen LogP contribution in [-0.2, 0) is 13.6 Å². The van der Waals surface area contributed by atoms with Crippen molar-refractivity contribution in [1.82, 2.24) is 19.8 Å². The molecule has 0 radical (unpaired) electrons. The molecule has 0 aliphatic carbocycles. The molecular formula is C20H25N5O2. The lowest BCUT2D eigenvalue weighted by Gasteiger charge is -2.18. The molecular weight excluding hydrogens is 342 g/mol. The molecule has 0 saturated carbocycles. The minimum absolute atomic E-state index is 0.124. The molecule has 0 aliphatic rings. The monoisotopic (exact) mass is 367 g/mol. The van der Waals surface area contributed by atoms with Crippen LogP contribution in [0.1, 0.15) is 27.4 Å². The SMILES string of the molecule is Cc1nn(C)c(N(C)C)c1-c1noc(C)c1C(=O)N(C)Cc1ccccc1. The quantitative estimate of drug-likeness (QED) is 0.693. The number of amides is 1. The molecule has 0 atom stereocenters. The molecule has 27 heavy (non-hydrogen) atoms. The molecule has 1 amide bonds. The van der Waals surface area contributed by atoms with Crippen LogP contribution in [0, 0.1) is 13.8 Å². The number of carbonyl (C=O) groups is 1. The average molecular weight is 367 g/mol. The number of benzene rings is 1. The van der Waals surface area contributed by atoms with Crippen LogP contribution in [-0.4, -0.2) is 46.9 Å². The standard InChI is InChI=1S/C20H25N5O2/c1-13-16(19(23(3)4)25(6)21-13)18-17(14(2)27-22-18)20(26)24(5)12-15-10-8-7-9-11-15/h7-11H,12H2,1-6H3. The number of aryl methyl sites for hydroxylation is 3. The van der Waals surface area contributed by atoms with E-state index in [1.165, 1.54) is 0 Å². The Morgan fingerprint density at radius 3 is 2.44 bits per heavy atom. The second-order valence-corrected chi connectivity index (χ2v) is 6.91. The third-order valence-corrected chi connectivity index (χ3v) is 4.54. The first-order valence-corrected chi connectivity index (χ1v) is 8.78. The van der Waals surface area contributed by atoms with Crippen molar-refractivity contribution in [3.05, 3.63) is 52.9 Å². The summed E-state index contributed by atoms with van der Waals surface area (Å²) in [5.41, 5.74) is 3.69. The number of rotatable bonds is 5. The lowest BCUT2D eigenvalue weighted by atomic mass is 10.0. The van der Waals surface area contributed by atoms with Gasteiger partial charge in [-0.05, 0) is 19.4 Å². The zero-order valence-electron chi connectivity index (χ0n) is 16.6. The average Bonchev–Trinajstić information content (AvgIpc) is 3.13. The van der Waals surface area contributed by atoms with Gasteiger partial charge in [-0.1, -0.05) is 35.5 Å². The normalized spacial score (nSPS) is 10.9. The van der Waals surface area contributed by atoms with Gasteiger partial charge in [0.1, 0.15) is 22.8 Å². The number of anilines is 1. The largest absolute Gasteiger partial charge is 0.362 e. The molecule has 0 N–H and O–H groups in total. The van der Waals surface area contributed by atoms with Crippen molar-refractivity contribution in [2.75, 3.05) is 26.0 Å². The first-order valence-electron chi connectivity index (χ1n) is 8.78. The maximum atomic E-state index is 13.2. The molecule has 0 saturated heterocycles. The predicted molar refractivity (Wildman–Crippen MR) is 105 cm³/mol. The lowest BCUT2D eigenvalue weighted by molar-refractivity contribution is 0.0784. The van der Waals surface area contributed by atoms with E-state index in [9.17, 15) is 4.79 Å². The smallest absolute Gasteiger partial charge is 0.259 e. The Morgan fingerprint density at radius 1 is 1.15 bits per heavy atom. The molecule has 0 aliphatic heterocycles.